The van der Waals surface area contributed by atoms with Gasteiger partial charge in [-0.2, -0.15) is 8.78 Å². The number of ketones is 1. The molecule has 2 aliphatic carbocycles. The Morgan fingerprint density at radius 2 is 1.72 bits per heavy atom. The van der Waals surface area contributed by atoms with Gasteiger partial charge in [0.25, 0.3) is 11.8 Å². The van der Waals surface area contributed by atoms with Crippen LogP contribution in [0.5, 0.6) is 11.5 Å². The van der Waals surface area contributed by atoms with Crippen molar-refractivity contribution in [3.05, 3.63) is 60.2 Å². The second kappa shape index (κ2) is 19.3. The maximum atomic E-state index is 14.8. The van der Waals surface area contributed by atoms with Gasteiger partial charge in [-0.15, -0.1) is 0 Å². The highest BCUT2D eigenvalue weighted by Crippen LogP contribution is 2.37. The largest absolute Gasteiger partial charge is 0.485 e. The number of halogens is 3. The van der Waals surface area contributed by atoms with Crippen LogP contribution in [0, 0.1) is 5.41 Å². The molecule has 3 aliphatic rings. The van der Waals surface area contributed by atoms with Crippen molar-refractivity contribution in [2.45, 2.75) is 126 Å². The zero-order valence-electron chi connectivity index (χ0n) is 32.9. The van der Waals surface area contributed by atoms with Crippen molar-refractivity contribution in [3.63, 3.8) is 0 Å². The number of carbonyl (C=O) groups excluding carboxylic acids is 6. The van der Waals surface area contributed by atoms with Crippen LogP contribution in [0.15, 0.2) is 54.5 Å². The quantitative estimate of drug-likeness (QED) is 0.0775. The molecule has 0 radical (unpaired) electrons. The Morgan fingerprint density at radius 3 is 2.33 bits per heavy atom. The lowest BCUT2D eigenvalue weighted by Crippen LogP contribution is -2.61. The number of hydrogen-bond acceptors (Lipinski definition) is 10. The highest BCUT2D eigenvalue weighted by molar-refractivity contribution is 14.1. The first-order chi connectivity index (χ1) is 27.4. The van der Waals surface area contributed by atoms with Crippen molar-refractivity contribution < 1.29 is 47.0 Å². The minimum absolute atomic E-state index is 0.00354. The molecule has 18 heteroatoms. The van der Waals surface area contributed by atoms with E-state index >= 15 is 0 Å². The Bertz CT molecular complexity index is 1870. The summed E-state index contributed by atoms with van der Waals surface area (Å²) in [4.78, 5) is 91.8. The third-order valence-corrected chi connectivity index (χ3v) is 10.2. The lowest BCUT2D eigenvalue weighted by molar-refractivity contribution is -0.145. The summed E-state index contributed by atoms with van der Waals surface area (Å²) in [5.41, 5.74) is -0.291. The molecular formula is C40H50F2IN7O8. The fourth-order valence-electron chi connectivity index (χ4n) is 6.89. The van der Waals surface area contributed by atoms with Crippen LogP contribution in [0.25, 0.3) is 0 Å². The number of benzene rings is 1. The van der Waals surface area contributed by atoms with Crippen LogP contribution < -0.4 is 30.7 Å². The van der Waals surface area contributed by atoms with Gasteiger partial charge in [-0.05, 0) is 68.1 Å². The summed E-state index contributed by atoms with van der Waals surface area (Å²) in [6.07, 6.45) is 9.90. The van der Waals surface area contributed by atoms with E-state index in [1.807, 2.05) is 6.08 Å². The smallest absolute Gasteiger partial charge is 0.451 e. The minimum atomic E-state index is -3.57. The molecule has 2 heterocycles. The first-order valence-corrected chi connectivity index (χ1v) is 20.6. The Kier molecular flexibility index (Phi) is 14.8. The maximum Gasteiger partial charge on any atom is 0.451 e. The molecule has 1 saturated heterocycles. The highest BCUT2D eigenvalue weighted by Gasteiger charge is 2.47. The van der Waals surface area contributed by atoms with Gasteiger partial charge in [0.05, 0.1) is 41.4 Å². The monoisotopic (exact) mass is 921 g/mol. The first kappa shape index (κ1) is 44.4. The molecule has 4 N–H and O–H groups in total. The van der Waals surface area contributed by atoms with Crippen molar-refractivity contribution in [1.82, 2.24) is 36.1 Å². The van der Waals surface area contributed by atoms with Crippen LogP contribution in [0.3, 0.4) is 0 Å². The van der Waals surface area contributed by atoms with Gasteiger partial charge in [0.2, 0.25) is 23.5 Å². The van der Waals surface area contributed by atoms with Crippen LogP contribution in [0.4, 0.5) is 8.78 Å². The van der Waals surface area contributed by atoms with Crippen molar-refractivity contribution in [2.75, 3.05) is 6.54 Å². The molecule has 2 aromatic rings. The first-order valence-electron chi connectivity index (χ1n) is 19.5. The van der Waals surface area contributed by atoms with Gasteiger partial charge in [-0.25, -0.2) is 4.98 Å². The second-order valence-electron chi connectivity index (χ2n) is 15.8. The highest BCUT2D eigenvalue weighted by atomic mass is 127. The van der Waals surface area contributed by atoms with E-state index in [0.717, 1.165) is 48.3 Å². The number of hydrogen-bond donors (Lipinski definition) is 4. The molecule has 58 heavy (non-hydrogen) atoms. The Morgan fingerprint density at radius 1 is 1.00 bits per heavy atom. The van der Waals surface area contributed by atoms with Crippen LogP contribution in [-0.4, -0.2) is 97.2 Å². The SMILES string of the molecule is CCC[C@H](NC(=O)C1C[C@@H](Oc2ccccc2OC(F)(F)I)CN1C(=O)[C@@H](NC(=O)[C@@H](NC(=O)c1cnccn1)C1=CCCCC1)C(C)(C)C)C(=O)C(=O)NC1CC1. The van der Waals surface area contributed by atoms with E-state index in [1.165, 1.54) is 41.7 Å². The maximum absolute atomic E-state index is 14.8. The molecule has 0 spiro atoms. The van der Waals surface area contributed by atoms with Gasteiger partial charge in [0, 0.05) is 24.9 Å². The number of nitrogens with one attached hydrogen (secondary N) is 4. The van der Waals surface area contributed by atoms with Crippen molar-refractivity contribution >= 4 is 57.9 Å². The van der Waals surface area contributed by atoms with Crippen LogP contribution in [0.1, 0.15) is 96.0 Å². The topological polar surface area (TPSA) is 198 Å². The summed E-state index contributed by atoms with van der Waals surface area (Å²) in [6, 6.07) is 0.778. The van der Waals surface area contributed by atoms with E-state index < -0.39 is 75.1 Å². The molecule has 5 rings (SSSR count). The molecule has 314 valence electrons. The number of ether oxygens (including phenoxy) is 2. The Labute approximate surface area is 349 Å². The molecule has 5 amide bonds. The van der Waals surface area contributed by atoms with Gasteiger partial charge < -0.3 is 35.6 Å². The van der Waals surface area contributed by atoms with Crippen molar-refractivity contribution in [3.8, 4) is 11.5 Å². The lowest BCUT2D eigenvalue weighted by Gasteiger charge is -2.36. The average Bonchev–Trinajstić information content (AvgIpc) is 3.90. The summed E-state index contributed by atoms with van der Waals surface area (Å²) in [6.45, 7) is 6.76. The summed E-state index contributed by atoms with van der Waals surface area (Å²) < 4.78 is 35.2. The van der Waals surface area contributed by atoms with E-state index in [2.05, 4.69) is 31.2 Å². The molecule has 1 unspecified atom stereocenters. The molecule has 1 aromatic carbocycles. The zero-order chi connectivity index (χ0) is 42.2. The molecule has 5 atom stereocenters. The van der Waals surface area contributed by atoms with E-state index in [1.54, 1.807) is 33.8 Å². The number of alkyl halides is 3. The predicted molar refractivity (Wildman–Crippen MR) is 215 cm³/mol. The number of carbonyl (C=O) groups is 6. The number of amides is 5. The van der Waals surface area contributed by atoms with Gasteiger partial charge in [-0.3, -0.25) is 33.8 Å². The predicted octanol–water partition coefficient (Wildman–Crippen LogP) is 4.15. The van der Waals surface area contributed by atoms with E-state index in [9.17, 15) is 37.5 Å². The van der Waals surface area contributed by atoms with E-state index in [-0.39, 0.29) is 42.6 Å². The second-order valence-corrected chi connectivity index (χ2v) is 17.0. The van der Waals surface area contributed by atoms with E-state index in [4.69, 9.17) is 9.47 Å². The number of allylic oxidation sites excluding steroid dienone is 1. The molecule has 1 aromatic heterocycles. The number of para-hydroxylation sites is 2. The number of Topliss-reactive ketones (excluding diaryl/α,β-unsaturated/α-hetero) is 1. The number of rotatable bonds is 17. The molecule has 1 saturated carbocycles. The molecular weight excluding hydrogens is 871 g/mol. The van der Waals surface area contributed by atoms with Crippen molar-refractivity contribution in [2.24, 2.45) is 5.41 Å². The summed E-state index contributed by atoms with van der Waals surface area (Å²) in [5, 5.41) is 11.0. The minimum Gasteiger partial charge on any atom is -0.485 e. The van der Waals surface area contributed by atoms with Gasteiger partial charge in [0.1, 0.15) is 29.9 Å². The Balaban J connectivity index is 1.44. The van der Waals surface area contributed by atoms with Gasteiger partial charge in [0.15, 0.2) is 11.5 Å². The number of nitrogens with zero attached hydrogens (tertiary/aromatic N) is 3. The summed E-state index contributed by atoms with van der Waals surface area (Å²) in [7, 11) is 0. The fraction of sp³-hybridized carbons (Fsp3) is 0.550. The molecule has 2 fully saturated rings. The zero-order valence-corrected chi connectivity index (χ0v) is 35.1. The third kappa shape index (κ3) is 12.1. The Hall–Kier alpha value is -4.75. The summed E-state index contributed by atoms with van der Waals surface area (Å²) >= 11 is 0.834. The normalized spacial score (nSPS) is 19.8. The standard InChI is InChI=1S/C40H50F2IN7O8/c1-5-11-26(32(51)37(55)46-24-16-17-24)47-35(53)28-20-25(57-29-14-9-10-15-30(29)58-40(41,42)43)22-50(28)38(56)33(39(2,3)4)49-36(54)31(23-12-7-6-8-13-23)48-34(52)27-21-44-18-19-45-27/h9-10,12,14-15,18-19,21,24-26,28,31,33H,5-8,11,13,16-17,20,22H2,1-4H3,(H,46,55)(H,47,53)(H,48,52)(H,49,54)/t25-,26+,28?,31+,33-/m1/s1. The fourth-order valence-corrected chi connectivity index (χ4v) is 7.13. The number of likely N-dealkylation sites (tertiary alicyclic amines) is 1. The molecule has 0 bridgehead atoms. The van der Waals surface area contributed by atoms with E-state index in [0.29, 0.717) is 24.8 Å². The third-order valence-electron chi connectivity index (χ3n) is 9.99. The number of aromatic nitrogens is 2. The lowest BCUT2D eigenvalue weighted by atomic mass is 9.85. The average molecular weight is 922 g/mol. The van der Waals surface area contributed by atoms with Gasteiger partial charge >= 0.3 is 4.12 Å². The van der Waals surface area contributed by atoms with Crippen molar-refractivity contribution in [1.29, 1.82) is 0 Å². The van der Waals surface area contributed by atoms with Crippen LogP contribution >= 0.6 is 22.6 Å². The molecule has 1 aliphatic heterocycles. The summed E-state index contributed by atoms with van der Waals surface area (Å²) in [5.74, 6) is -4.66. The van der Waals surface area contributed by atoms with Crippen LogP contribution in [0.2, 0.25) is 0 Å². The van der Waals surface area contributed by atoms with Gasteiger partial charge in [-0.1, -0.05) is 52.3 Å². The van der Waals surface area contributed by atoms with Crippen LogP contribution in [-0.2, 0) is 24.0 Å². The molecule has 15 nitrogen and oxygen atoms in total.